The molecular formula is C15H19NO5S. The lowest BCUT2D eigenvalue weighted by Crippen LogP contribution is -2.38. The number of amides is 1. The van der Waals surface area contributed by atoms with E-state index in [2.05, 4.69) is 0 Å². The van der Waals surface area contributed by atoms with Crippen molar-refractivity contribution in [3.63, 3.8) is 0 Å². The highest BCUT2D eigenvalue weighted by Gasteiger charge is 2.25. The van der Waals surface area contributed by atoms with E-state index in [9.17, 15) is 18.0 Å². The van der Waals surface area contributed by atoms with E-state index in [-0.39, 0.29) is 23.1 Å². The number of carboxylic acid groups (broad SMARTS) is 1. The number of carbonyl (C=O) groups is 2. The summed E-state index contributed by atoms with van der Waals surface area (Å²) in [6.07, 6.45) is 2.55. The van der Waals surface area contributed by atoms with Crippen LogP contribution in [0.5, 0.6) is 0 Å². The van der Waals surface area contributed by atoms with Crippen LogP contribution in [0.2, 0.25) is 0 Å². The van der Waals surface area contributed by atoms with Crippen LogP contribution in [0.15, 0.2) is 29.2 Å². The second-order valence-electron chi connectivity index (χ2n) is 5.63. The van der Waals surface area contributed by atoms with Crippen molar-refractivity contribution < 1.29 is 23.1 Å². The number of hydrogen-bond donors (Lipinski definition) is 1. The van der Waals surface area contributed by atoms with Gasteiger partial charge < -0.3 is 10.0 Å². The van der Waals surface area contributed by atoms with Crippen LogP contribution in [0.4, 0.5) is 0 Å². The molecule has 6 nitrogen and oxygen atoms in total. The third-order valence-corrected chi connectivity index (χ3v) is 4.98. The molecule has 0 atom stereocenters. The van der Waals surface area contributed by atoms with E-state index in [1.807, 2.05) is 0 Å². The van der Waals surface area contributed by atoms with Crippen molar-refractivity contribution in [1.82, 2.24) is 4.90 Å². The fourth-order valence-electron chi connectivity index (χ4n) is 2.63. The molecule has 0 saturated carbocycles. The van der Waals surface area contributed by atoms with Crippen molar-refractivity contribution in [1.29, 1.82) is 0 Å². The highest BCUT2D eigenvalue weighted by atomic mass is 32.2. The quantitative estimate of drug-likeness (QED) is 0.904. The van der Waals surface area contributed by atoms with Crippen LogP contribution in [-0.2, 0) is 14.6 Å². The molecule has 1 saturated heterocycles. The molecule has 1 aromatic carbocycles. The third kappa shape index (κ3) is 4.07. The van der Waals surface area contributed by atoms with Crippen LogP contribution in [0.1, 0.15) is 29.6 Å². The van der Waals surface area contributed by atoms with Crippen LogP contribution in [-0.4, -0.2) is 49.6 Å². The first-order chi connectivity index (χ1) is 10.3. The summed E-state index contributed by atoms with van der Waals surface area (Å²) in [5, 5.41) is 8.79. The second-order valence-corrected chi connectivity index (χ2v) is 7.65. The maximum absolute atomic E-state index is 12.4. The molecule has 0 aliphatic carbocycles. The molecular weight excluding hydrogens is 306 g/mol. The van der Waals surface area contributed by atoms with Gasteiger partial charge in [-0.15, -0.1) is 0 Å². The zero-order chi connectivity index (χ0) is 16.3. The van der Waals surface area contributed by atoms with Crippen molar-refractivity contribution in [2.45, 2.75) is 24.2 Å². The SMILES string of the molecule is CS(=O)(=O)c1cccc(C(=O)N2CCC(CC(=O)O)CC2)c1. The summed E-state index contributed by atoms with van der Waals surface area (Å²) in [6, 6.07) is 6.01. The number of nitrogens with zero attached hydrogens (tertiary/aromatic N) is 1. The Morgan fingerprint density at radius 2 is 1.91 bits per heavy atom. The standard InChI is InChI=1S/C15H19NO5S/c1-22(20,21)13-4-2-3-12(10-13)15(19)16-7-5-11(6-8-16)9-14(17)18/h2-4,10-11H,5-9H2,1H3,(H,17,18). The molecule has 0 spiro atoms. The van der Waals surface area contributed by atoms with Crippen molar-refractivity contribution in [3.05, 3.63) is 29.8 Å². The number of sulfone groups is 1. The molecule has 120 valence electrons. The average molecular weight is 325 g/mol. The van der Waals surface area contributed by atoms with Crippen molar-refractivity contribution in [3.8, 4) is 0 Å². The maximum Gasteiger partial charge on any atom is 0.303 e. The van der Waals surface area contributed by atoms with Gasteiger partial charge in [0.25, 0.3) is 5.91 Å². The lowest BCUT2D eigenvalue weighted by atomic mass is 9.93. The highest BCUT2D eigenvalue weighted by Crippen LogP contribution is 2.22. The molecule has 1 fully saturated rings. The fraction of sp³-hybridized carbons (Fsp3) is 0.467. The van der Waals surface area contributed by atoms with Gasteiger partial charge in [-0.1, -0.05) is 6.07 Å². The van der Waals surface area contributed by atoms with Crippen LogP contribution in [0.3, 0.4) is 0 Å². The summed E-state index contributed by atoms with van der Waals surface area (Å²) in [5.74, 6) is -0.922. The van der Waals surface area contributed by atoms with Gasteiger partial charge in [-0.3, -0.25) is 9.59 Å². The Hall–Kier alpha value is -1.89. The van der Waals surface area contributed by atoms with E-state index < -0.39 is 15.8 Å². The molecule has 0 unspecified atom stereocenters. The van der Waals surface area contributed by atoms with Crippen molar-refractivity contribution in [2.24, 2.45) is 5.92 Å². The van der Waals surface area contributed by atoms with Gasteiger partial charge in [0.05, 0.1) is 4.90 Å². The molecule has 1 aliphatic heterocycles. The monoisotopic (exact) mass is 325 g/mol. The largest absolute Gasteiger partial charge is 0.481 e. The molecule has 0 radical (unpaired) electrons. The Morgan fingerprint density at radius 1 is 1.27 bits per heavy atom. The molecule has 1 aliphatic rings. The zero-order valence-corrected chi connectivity index (χ0v) is 13.2. The number of piperidine rings is 1. The maximum atomic E-state index is 12.4. The minimum absolute atomic E-state index is 0.101. The summed E-state index contributed by atoms with van der Waals surface area (Å²) < 4.78 is 23.1. The fourth-order valence-corrected chi connectivity index (χ4v) is 3.30. The number of carbonyl (C=O) groups excluding carboxylic acids is 1. The Bertz CT molecular complexity index is 675. The number of benzene rings is 1. The molecule has 1 aromatic rings. The van der Waals surface area contributed by atoms with Crippen LogP contribution < -0.4 is 0 Å². The summed E-state index contributed by atoms with van der Waals surface area (Å²) in [7, 11) is -3.35. The van der Waals surface area contributed by atoms with Gasteiger partial charge in [-0.25, -0.2) is 8.42 Å². The first-order valence-electron chi connectivity index (χ1n) is 7.08. The van der Waals surface area contributed by atoms with Crippen molar-refractivity contribution in [2.75, 3.05) is 19.3 Å². The van der Waals surface area contributed by atoms with Gasteiger partial charge in [-0.2, -0.15) is 0 Å². The molecule has 1 heterocycles. The van der Waals surface area contributed by atoms with E-state index in [0.29, 0.717) is 31.5 Å². The van der Waals surface area contributed by atoms with E-state index in [1.54, 1.807) is 17.0 Å². The molecule has 1 amide bonds. The van der Waals surface area contributed by atoms with Gasteiger partial charge in [0, 0.05) is 31.3 Å². The van der Waals surface area contributed by atoms with E-state index in [0.717, 1.165) is 6.26 Å². The van der Waals surface area contributed by atoms with E-state index >= 15 is 0 Å². The lowest BCUT2D eigenvalue weighted by molar-refractivity contribution is -0.138. The molecule has 1 N–H and O–H groups in total. The molecule has 7 heteroatoms. The Labute approximate surface area is 129 Å². The average Bonchev–Trinajstić information content (AvgIpc) is 2.46. The smallest absolute Gasteiger partial charge is 0.303 e. The normalized spacial score (nSPS) is 16.5. The molecule has 0 bridgehead atoms. The number of carboxylic acids is 1. The first-order valence-corrected chi connectivity index (χ1v) is 8.97. The van der Waals surface area contributed by atoms with Gasteiger partial charge >= 0.3 is 5.97 Å². The zero-order valence-electron chi connectivity index (χ0n) is 12.4. The lowest BCUT2D eigenvalue weighted by Gasteiger charge is -2.31. The summed E-state index contributed by atoms with van der Waals surface area (Å²) in [6.45, 7) is 1.000. The summed E-state index contributed by atoms with van der Waals surface area (Å²) in [5.41, 5.74) is 0.347. The summed E-state index contributed by atoms with van der Waals surface area (Å²) >= 11 is 0. The van der Waals surface area contributed by atoms with Crippen LogP contribution in [0.25, 0.3) is 0 Å². The van der Waals surface area contributed by atoms with E-state index in [1.165, 1.54) is 12.1 Å². The predicted octanol–water partition coefficient (Wildman–Crippen LogP) is 1.42. The minimum atomic E-state index is -3.35. The van der Waals surface area contributed by atoms with Gasteiger partial charge in [0.15, 0.2) is 9.84 Å². The first kappa shape index (κ1) is 16.5. The summed E-state index contributed by atoms with van der Waals surface area (Å²) in [4.78, 5) is 24.9. The minimum Gasteiger partial charge on any atom is -0.481 e. The molecule has 2 rings (SSSR count). The predicted molar refractivity (Wildman–Crippen MR) is 80.4 cm³/mol. The number of rotatable bonds is 4. The second kappa shape index (κ2) is 6.48. The van der Waals surface area contributed by atoms with Gasteiger partial charge in [0.1, 0.15) is 0 Å². The Balaban J connectivity index is 2.06. The van der Waals surface area contributed by atoms with Crippen molar-refractivity contribution >= 4 is 21.7 Å². The number of aliphatic carboxylic acids is 1. The number of likely N-dealkylation sites (tertiary alicyclic amines) is 1. The van der Waals surface area contributed by atoms with Gasteiger partial charge in [-0.05, 0) is 37.0 Å². The van der Waals surface area contributed by atoms with Crippen LogP contribution in [0, 0.1) is 5.92 Å². The Kier molecular flexibility index (Phi) is 4.85. The van der Waals surface area contributed by atoms with Gasteiger partial charge in [0.2, 0.25) is 0 Å². The van der Waals surface area contributed by atoms with E-state index in [4.69, 9.17) is 5.11 Å². The molecule has 0 aromatic heterocycles. The Morgan fingerprint density at radius 3 is 2.45 bits per heavy atom. The molecule has 22 heavy (non-hydrogen) atoms. The topological polar surface area (TPSA) is 91.8 Å². The van der Waals surface area contributed by atoms with Crippen LogP contribution >= 0.6 is 0 Å². The third-order valence-electron chi connectivity index (χ3n) is 3.87. The highest BCUT2D eigenvalue weighted by molar-refractivity contribution is 7.90. The number of hydrogen-bond acceptors (Lipinski definition) is 4.